The molecular formula is C17H21FN4O2S. The fraction of sp³-hybridized carbons (Fsp3) is 0.471. The summed E-state index contributed by atoms with van der Waals surface area (Å²) in [6, 6.07) is 6.39. The van der Waals surface area contributed by atoms with Crippen LogP contribution >= 0.6 is 11.8 Å². The second kappa shape index (κ2) is 8.33. The molecule has 3 rings (SSSR count). The number of amides is 1. The third kappa shape index (κ3) is 4.72. The summed E-state index contributed by atoms with van der Waals surface area (Å²) in [5.41, 5.74) is 0. The first kappa shape index (κ1) is 17.7. The molecule has 1 atom stereocenters. The molecule has 2 heterocycles. The third-order valence-electron chi connectivity index (χ3n) is 4.18. The van der Waals surface area contributed by atoms with Crippen LogP contribution in [-0.2, 0) is 11.8 Å². The summed E-state index contributed by atoms with van der Waals surface area (Å²) in [4.78, 5) is 14.3. The first-order valence-corrected chi connectivity index (χ1v) is 9.24. The van der Waals surface area contributed by atoms with E-state index in [1.807, 2.05) is 11.9 Å². The number of piperidine rings is 1. The van der Waals surface area contributed by atoms with Gasteiger partial charge in [0.2, 0.25) is 5.91 Å². The number of benzene rings is 1. The number of likely N-dealkylation sites (tertiary alicyclic amines) is 1. The number of ether oxygens (including phenoxy) is 1. The molecule has 0 unspecified atom stereocenters. The number of para-hydroxylation sites is 1. The van der Waals surface area contributed by atoms with E-state index >= 15 is 0 Å². The number of carbonyl (C=O) groups is 1. The topological polar surface area (TPSA) is 60.2 Å². The molecule has 0 N–H and O–H groups in total. The summed E-state index contributed by atoms with van der Waals surface area (Å²) in [6.45, 7) is 1.82. The van der Waals surface area contributed by atoms with E-state index in [4.69, 9.17) is 4.74 Å². The lowest BCUT2D eigenvalue weighted by atomic mass is 9.99. The molecule has 1 aromatic carbocycles. The molecule has 1 fully saturated rings. The SMILES string of the molecule is Cn1cnnc1SCC(=O)N1CCC[C@H](COc2ccccc2F)C1. The third-order valence-corrected chi connectivity index (χ3v) is 5.20. The van der Waals surface area contributed by atoms with Crippen LogP contribution in [-0.4, -0.2) is 51.0 Å². The second-order valence-corrected chi connectivity index (χ2v) is 7.05. The highest BCUT2D eigenvalue weighted by Gasteiger charge is 2.24. The number of halogens is 1. The number of aryl methyl sites for hydroxylation is 1. The maximum absolute atomic E-state index is 13.6. The predicted molar refractivity (Wildman–Crippen MR) is 92.9 cm³/mol. The van der Waals surface area contributed by atoms with Gasteiger partial charge in [-0.25, -0.2) is 4.39 Å². The minimum absolute atomic E-state index is 0.0867. The van der Waals surface area contributed by atoms with Gasteiger partial charge in [-0.2, -0.15) is 0 Å². The molecule has 1 aliphatic heterocycles. The fourth-order valence-electron chi connectivity index (χ4n) is 2.82. The number of hydrogen-bond acceptors (Lipinski definition) is 5. The Morgan fingerprint density at radius 1 is 1.44 bits per heavy atom. The molecule has 6 nitrogen and oxygen atoms in total. The van der Waals surface area contributed by atoms with Gasteiger partial charge in [0.25, 0.3) is 0 Å². The molecule has 0 saturated carbocycles. The molecule has 0 aliphatic carbocycles. The summed E-state index contributed by atoms with van der Waals surface area (Å²) in [6.07, 6.45) is 3.53. The summed E-state index contributed by atoms with van der Waals surface area (Å²) < 4.78 is 21.0. The van der Waals surface area contributed by atoms with Gasteiger partial charge in [-0.15, -0.1) is 10.2 Å². The van der Waals surface area contributed by atoms with E-state index in [0.717, 1.165) is 24.5 Å². The van der Waals surface area contributed by atoms with E-state index in [-0.39, 0.29) is 23.4 Å². The molecule has 25 heavy (non-hydrogen) atoms. The molecule has 0 radical (unpaired) electrons. The average molecular weight is 364 g/mol. The smallest absolute Gasteiger partial charge is 0.233 e. The second-order valence-electron chi connectivity index (χ2n) is 6.10. The largest absolute Gasteiger partial charge is 0.490 e. The molecule has 1 aliphatic rings. The van der Waals surface area contributed by atoms with Crippen molar-refractivity contribution in [2.24, 2.45) is 13.0 Å². The van der Waals surface area contributed by atoms with Gasteiger partial charge < -0.3 is 14.2 Å². The highest BCUT2D eigenvalue weighted by Crippen LogP contribution is 2.22. The Hall–Kier alpha value is -2.09. The first-order chi connectivity index (χ1) is 12.1. The fourth-order valence-corrected chi connectivity index (χ4v) is 3.61. The van der Waals surface area contributed by atoms with Gasteiger partial charge in [-0.3, -0.25) is 4.79 Å². The van der Waals surface area contributed by atoms with Crippen molar-refractivity contribution in [1.82, 2.24) is 19.7 Å². The van der Waals surface area contributed by atoms with E-state index < -0.39 is 0 Å². The first-order valence-electron chi connectivity index (χ1n) is 8.25. The lowest BCUT2D eigenvalue weighted by molar-refractivity contribution is -0.130. The molecule has 2 aromatic rings. The summed E-state index contributed by atoms with van der Waals surface area (Å²) in [7, 11) is 1.85. The van der Waals surface area contributed by atoms with E-state index in [9.17, 15) is 9.18 Å². The summed E-state index contributed by atoms with van der Waals surface area (Å²) >= 11 is 1.39. The highest BCUT2D eigenvalue weighted by molar-refractivity contribution is 7.99. The lowest BCUT2D eigenvalue weighted by Crippen LogP contribution is -2.42. The quantitative estimate of drug-likeness (QED) is 0.737. The normalized spacial score (nSPS) is 17.5. The standard InChI is InChI=1S/C17H21FN4O2S/c1-21-12-19-20-17(21)25-11-16(23)22-8-4-5-13(9-22)10-24-15-7-3-2-6-14(15)18/h2-3,6-7,12-13H,4-5,8-11H2,1H3/t13-/m0/s1. The van der Waals surface area contributed by atoms with Crippen molar-refractivity contribution in [3.63, 3.8) is 0 Å². The summed E-state index contributed by atoms with van der Waals surface area (Å²) in [5.74, 6) is 0.559. The van der Waals surface area contributed by atoms with E-state index in [1.54, 1.807) is 29.1 Å². The van der Waals surface area contributed by atoms with Crippen molar-refractivity contribution >= 4 is 17.7 Å². The number of rotatable bonds is 6. The van der Waals surface area contributed by atoms with Crippen LogP contribution in [0.25, 0.3) is 0 Å². The minimum Gasteiger partial charge on any atom is -0.490 e. The molecular weight excluding hydrogens is 343 g/mol. The zero-order valence-electron chi connectivity index (χ0n) is 14.1. The number of nitrogens with zero attached hydrogens (tertiary/aromatic N) is 4. The molecule has 0 bridgehead atoms. The molecule has 1 amide bonds. The van der Waals surface area contributed by atoms with Crippen molar-refractivity contribution in [2.45, 2.75) is 18.0 Å². The Balaban J connectivity index is 1.48. The van der Waals surface area contributed by atoms with E-state index in [1.165, 1.54) is 17.8 Å². The van der Waals surface area contributed by atoms with Crippen LogP contribution in [0.3, 0.4) is 0 Å². The molecule has 1 saturated heterocycles. The van der Waals surface area contributed by atoms with E-state index in [0.29, 0.717) is 18.9 Å². The van der Waals surface area contributed by atoms with Gasteiger partial charge in [0.05, 0.1) is 12.4 Å². The van der Waals surface area contributed by atoms with Crippen LogP contribution in [0.5, 0.6) is 5.75 Å². The maximum Gasteiger partial charge on any atom is 0.233 e. The predicted octanol–water partition coefficient (Wildman–Crippen LogP) is 2.36. The van der Waals surface area contributed by atoms with Crippen molar-refractivity contribution in [2.75, 3.05) is 25.4 Å². The average Bonchev–Trinajstić information content (AvgIpc) is 3.04. The van der Waals surface area contributed by atoms with E-state index in [2.05, 4.69) is 10.2 Å². The van der Waals surface area contributed by atoms with Crippen molar-refractivity contribution in [1.29, 1.82) is 0 Å². The van der Waals surface area contributed by atoms with Crippen LogP contribution in [0.1, 0.15) is 12.8 Å². The lowest BCUT2D eigenvalue weighted by Gasteiger charge is -2.32. The van der Waals surface area contributed by atoms with Gasteiger partial charge in [0.15, 0.2) is 16.7 Å². The Bertz CT molecular complexity index is 724. The molecule has 134 valence electrons. The van der Waals surface area contributed by atoms with Crippen LogP contribution < -0.4 is 4.74 Å². The Morgan fingerprint density at radius 2 is 2.28 bits per heavy atom. The number of carbonyl (C=O) groups excluding carboxylic acids is 1. The monoisotopic (exact) mass is 364 g/mol. The van der Waals surface area contributed by atoms with Gasteiger partial charge in [-0.05, 0) is 25.0 Å². The summed E-state index contributed by atoms with van der Waals surface area (Å²) in [5, 5.41) is 8.50. The minimum atomic E-state index is -0.355. The number of hydrogen-bond donors (Lipinski definition) is 0. The van der Waals surface area contributed by atoms with Gasteiger partial charge >= 0.3 is 0 Å². The van der Waals surface area contributed by atoms with Crippen LogP contribution in [0.4, 0.5) is 4.39 Å². The zero-order chi connectivity index (χ0) is 17.6. The number of aromatic nitrogens is 3. The van der Waals surface area contributed by atoms with Gasteiger partial charge in [0.1, 0.15) is 6.33 Å². The van der Waals surface area contributed by atoms with Crippen LogP contribution in [0, 0.1) is 11.7 Å². The number of thioether (sulfide) groups is 1. The Labute approximate surface area is 150 Å². The Morgan fingerprint density at radius 3 is 3.04 bits per heavy atom. The Kier molecular flexibility index (Phi) is 5.91. The maximum atomic E-state index is 13.6. The van der Waals surface area contributed by atoms with Crippen molar-refractivity contribution < 1.29 is 13.9 Å². The van der Waals surface area contributed by atoms with Crippen molar-refractivity contribution in [3.05, 3.63) is 36.4 Å². The van der Waals surface area contributed by atoms with Gasteiger partial charge in [-0.1, -0.05) is 23.9 Å². The van der Waals surface area contributed by atoms with Crippen LogP contribution in [0.2, 0.25) is 0 Å². The highest BCUT2D eigenvalue weighted by atomic mass is 32.2. The molecule has 0 spiro atoms. The van der Waals surface area contributed by atoms with Gasteiger partial charge in [0, 0.05) is 26.1 Å². The molecule has 1 aromatic heterocycles. The molecule has 8 heteroatoms. The van der Waals surface area contributed by atoms with Crippen molar-refractivity contribution in [3.8, 4) is 5.75 Å². The van der Waals surface area contributed by atoms with Crippen LogP contribution in [0.15, 0.2) is 35.7 Å². The zero-order valence-corrected chi connectivity index (χ0v) is 14.9.